The smallest absolute Gasteiger partial charge is 0.317 e. The van der Waals surface area contributed by atoms with E-state index >= 15 is 0 Å². The molecule has 0 radical (unpaired) electrons. The molecule has 1 aliphatic rings. The van der Waals surface area contributed by atoms with Gasteiger partial charge in [0.05, 0.1) is 13.2 Å². The molecule has 0 saturated carbocycles. The molecule has 1 saturated heterocycles. The van der Waals surface area contributed by atoms with Crippen molar-refractivity contribution in [3.05, 3.63) is 0 Å². The molecule has 1 rings (SSSR count). The molecule has 0 aliphatic carbocycles. The Bertz CT molecular complexity index is 224. The quantitative estimate of drug-likeness (QED) is 0.606. The second-order valence-corrected chi connectivity index (χ2v) is 4.53. The van der Waals surface area contributed by atoms with Gasteiger partial charge in [-0.25, -0.2) is 0 Å². The Morgan fingerprint density at radius 1 is 1.59 bits per heavy atom. The van der Waals surface area contributed by atoms with E-state index in [2.05, 4.69) is 10.2 Å². The van der Waals surface area contributed by atoms with Crippen LogP contribution in [-0.4, -0.2) is 61.9 Å². The number of ether oxygens (including phenoxy) is 1. The van der Waals surface area contributed by atoms with Gasteiger partial charge >= 0.3 is 5.97 Å². The highest BCUT2D eigenvalue weighted by molar-refractivity contribution is 5.68. The topological polar surface area (TPSA) is 61.8 Å². The summed E-state index contributed by atoms with van der Waals surface area (Å²) in [6.45, 7) is 7.64. The van der Waals surface area contributed by atoms with Gasteiger partial charge in [0.2, 0.25) is 0 Å². The molecule has 1 aliphatic heterocycles. The van der Waals surface area contributed by atoms with Gasteiger partial charge < -0.3 is 20.1 Å². The second kappa shape index (κ2) is 8.44. The van der Waals surface area contributed by atoms with Gasteiger partial charge in [-0.15, -0.1) is 0 Å². The van der Waals surface area contributed by atoms with Gasteiger partial charge in [-0.3, -0.25) is 4.79 Å². The fourth-order valence-electron chi connectivity index (χ4n) is 2.24. The molecule has 0 aromatic rings. The SMILES string of the molecule is CCOCCN1CCCC(CNCC(=O)O)C1. The monoisotopic (exact) mass is 244 g/mol. The number of carbonyl (C=O) groups is 1. The summed E-state index contributed by atoms with van der Waals surface area (Å²) in [5.41, 5.74) is 0. The van der Waals surface area contributed by atoms with Crippen LogP contribution < -0.4 is 5.32 Å². The Labute approximate surface area is 103 Å². The molecule has 0 spiro atoms. The van der Waals surface area contributed by atoms with Crippen molar-refractivity contribution in [2.75, 3.05) is 45.9 Å². The summed E-state index contributed by atoms with van der Waals surface area (Å²) < 4.78 is 5.35. The number of likely N-dealkylation sites (tertiary alicyclic amines) is 1. The van der Waals surface area contributed by atoms with E-state index in [1.807, 2.05) is 6.92 Å². The van der Waals surface area contributed by atoms with Crippen LogP contribution >= 0.6 is 0 Å². The van der Waals surface area contributed by atoms with E-state index in [4.69, 9.17) is 9.84 Å². The van der Waals surface area contributed by atoms with Crippen LogP contribution in [0.15, 0.2) is 0 Å². The molecule has 17 heavy (non-hydrogen) atoms. The normalized spacial score (nSPS) is 21.6. The molecule has 0 aromatic carbocycles. The van der Waals surface area contributed by atoms with Crippen molar-refractivity contribution in [1.29, 1.82) is 0 Å². The van der Waals surface area contributed by atoms with Crippen LogP contribution in [-0.2, 0) is 9.53 Å². The van der Waals surface area contributed by atoms with E-state index in [1.165, 1.54) is 12.8 Å². The number of nitrogens with one attached hydrogen (secondary N) is 1. The third kappa shape index (κ3) is 6.61. The van der Waals surface area contributed by atoms with Crippen molar-refractivity contribution in [2.24, 2.45) is 5.92 Å². The number of nitrogens with zero attached hydrogens (tertiary/aromatic N) is 1. The zero-order valence-corrected chi connectivity index (χ0v) is 10.7. The largest absolute Gasteiger partial charge is 0.480 e. The summed E-state index contributed by atoms with van der Waals surface area (Å²) in [6.07, 6.45) is 2.39. The van der Waals surface area contributed by atoms with Crippen LogP contribution in [0.5, 0.6) is 0 Å². The Kier molecular flexibility index (Phi) is 7.16. The number of aliphatic carboxylic acids is 1. The van der Waals surface area contributed by atoms with Crippen LogP contribution in [0.3, 0.4) is 0 Å². The summed E-state index contributed by atoms with van der Waals surface area (Å²) >= 11 is 0. The number of rotatable bonds is 8. The van der Waals surface area contributed by atoms with E-state index in [1.54, 1.807) is 0 Å². The lowest BCUT2D eigenvalue weighted by Crippen LogP contribution is -2.41. The highest BCUT2D eigenvalue weighted by Gasteiger charge is 2.19. The van der Waals surface area contributed by atoms with E-state index in [-0.39, 0.29) is 6.54 Å². The molecule has 100 valence electrons. The first-order chi connectivity index (χ1) is 8.22. The molecule has 5 heteroatoms. The van der Waals surface area contributed by atoms with E-state index in [0.717, 1.165) is 39.4 Å². The minimum atomic E-state index is -0.783. The first-order valence-corrected chi connectivity index (χ1v) is 6.45. The molecular formula is C12H24N2O3. The van der Waals surface area contributed by atoms with E-state index in [9.17, 15) is 4.79 Å². The van der Waals surface area contributed by atoms with Gasteiger partial charge in [0, 0.05) is 19.7 Å². The number of piperidine rings is 1. The van der Waals surface area contributed by atoms with Crippen LogP contribution in [0.2, 0.25) is 0 Å². The van der Waals surface area contributed by atoms with Gasteiger partial charge in [-0.05, 0) is 38.8 Å². The van der Waals surface area contributed by atoms with Gasteiger partial charge in [0.1, 0.15) is 0 Å². The summed E-state index contributed by atoms with van der Waals surface area (Å²) in [5.74, 6) is -0.210. The highest BCUT2D eigenvalue weighted by atomic mass is 16.5. The van der Waals surface area contributed by atoms with Crippen LogP contribution in [0.4, 0.5) is 0 Å². The van der Waals surface area contributed by atoms with Crippen molar-refractivity contribution in [3.63, 3.8) is 0 Å². The van der Waals surface area contributed by atoms with Crippen LogP contribution in [0.1, 0.15) is 19.8 Å². The van der Waals surface area contributed by atoms with Gasteiger partial charge in [0.15, 0.2) is 0 Å². The van der Waals surface area contributed by atoms with Gasteiger partial charge in [-0.1, -0.05) is 0 Å². The second-order valence-electron chi connectivity index (χ2n) is 4.53. The van der Waals surface area contributed by atoms with Crippen molar-refractivity contribution >= 4 is 5.97 Å². The molecule has 1 heterocycles. The van der Waals surface area contributed by atoms with Crippen molar-refractivity contribution in [2.45, 2.75) is 19.8 Å². The lowest BCUT2D eigenvalue weighted by Gasteiger charge is -2.32. The Morgan fingerprint density at radius 2 is 2.41 bits per heavy atom. The average molecular weight is 244 g/mol. The maximum Gasteiger partial charge on any atom is 0.317 e. The zero-order valence-electron chi connectivity index (χ0n) is 10.7. The molecule has 1 atom stereocenters. The molecular weight excluding hydrogens is 220 g/mol. The predicted octanol–water partition coefficient (Wildman–Crippen LogP) is 0.409. The van der Waals surface area contributed by atoms with Crippen molar-refractivity contribution in [3.8, 4) is 0 Å². The van der Waals surface area contributed by atoms with Gasteiger partial charge in [0.25, 0.3) is 0 Å². The first-order valence-electron chi connectivity index (χ1n) is 6.45. The maximum absolute atomic E-state index is 10.4. The average Bonchev–Trinajstić information content (AvgIpc) is 2.29. The Hall–Kier alpha value is -0.650. The molecule has 0 bridgehead atoms. The molecule has 1 unspecified atom stereocenters. The molecule has 5 nitrogen and oxygen atoms in total. The molecule has 0 aromatic heterocycles. The number of carboxylic acids is 1. The number of carboxylic acid groups (broad SMARTS) is 1. The third-order valence-corrected chi connectivity index (χ3v) is 3.07. The number of hydrogen-bond acceptors (Lipinski definition) is 4. The fraction of sp³-hybridized carbons (Fsp3) is 0.917. The van der Waals surface area contributed by atoms with Crippen LogP contribution in [0, 0.1) is 5.92 Å². The lowest BCUT2D eigenvalue weighted by molar-refractivity contribution is -0.136. The van der Waals surface area contributed by atoms with E-state index < -0.39 is 5.97 Å². The van der Waals surface area contributed by atoms with Crippen molar-refractivity contribution < 1.29 is 14.6 Å². The zero-order chi connectivity index (χ0) is 12.5. The fourth-order valence-corrected chi connectivity index (χ4v) is 2.24. The minimum absolute atomic E-state index is 0.0649. The summed E-state index contributed by atoms with van der Waals surface area (Å²) in [6, 6.07) is 0. The van der Waals surface area contributed by atoms with E-state index in [0.29, 0.717) is 5.92 Å². The van der Waals surface area contributed by atoms with Crippen molar-refractivity contribution in [1.82, 2.24) is 10.2 Å². The predicted molar refractivity (Wildman–Crippen MR) is 66.2 cm³/mol. The first kappa shape index (κ1) is 14.4. The van der Waals surface area contributed by atoms with Gasteiger partial charge in [-0.2, -0.15) is 0 Å². The molecule has 0 amide bonds. The standard InChI is InChI=1S/C12H24N2O3/c1-2-17-7-6-14-5-3-4-11(10-14)8-13-9-12(15)16/h11,13H,2-10H2,1H3,(H,15,16). The summed E-state index contributed by atoms with van der Waals surface area (Å²) in [7, 11) is 0. The third-order valence-electron chi connectivity index (χ3n) is 3.07. The Balaban J connectivity index is 2.12. The lowest BCUT2D eigenvalue weighted by atomic mass is 9.98. The Morgan fingerprint density at radius 3 is 3.12 bits per heavy atom. The minimum Gasteiger partial charge on any atom is -0.480 e. The number of hydrogen-bond donors (Lipinski definition) is 2. The highest BCUT2D eigenvalue weighted by Crippen LogP contribution is 2.15. The maximum atomic E-state index is 10.4. The molecule has 2 N–H and O–H groups in total. The van der Waals surface area contributed by atoms with Crippen LogP contribution in [0.25, 0.3) is 0 Å². The summed E-state index contributed by atoms with van der Waals surface area (Å²) in [4.78, 5) is 12.8. The molecule has 1 fully saturated rings. The summed E-state index contributed by atoms with van der Waals surface area (Å²) in [5, 5.41) is 11.5.